The maximum Gasteiger partial charge on any atom is 0.315 e. The molecule has 0 aliphatic rings. The third kappa shape index (κ3) is 5.14. The highest BCUT2D eigenvalue weighted by atomic mass is 32.2. The number of nitrogens with one attached hydrogen (secondary N) is 2. The lowest BCUT2D eigenvalue weighted by Crippen LogP contribution is -2.39. The van der Waals surface area contributed by atoms with Crippen molar-refractivity contribution >= 4 is 16.8 Å². The number of urea groups is 1. The Morgan fingerprint density at radius 1 is 1.44 bits per heavy atom. The predicted molar refractivity (Wildman–Crippen MR) is 74.8 cm³/mol. The van der Waals surface area contributed by atoms with Gasteiger partial charge in [-0.05, 0) is 5.56 Å². The van der Waals surface area contributed by atoms with Gasteiger partial charge >= 0.3 is 6.03 Å². The van der Waals surface area contributed by atoms with Crippen molar-refractivity contribution in [2.45, 2.75) is 6.04 Å². The average molecular weight is 266 g/mol. The van der Waals surface area contributed by atoms with Gasteiger partial charge in [-0.25, -0.2) is 4.79 Å². The van der Waals surface area contributed by atoms with Gasteiger partial charge in [0.1, 0.15) is 0 Å². The Morgan fingerprint density at radius 2 is 2.11 bits per heavy atom. The van der Waals surface area contributed by atoms with Gasteiger partial charge in [-0.15, -0.1) is 6.58 Å². The average Bonchev–Trinajstić information content (AvgIpc) is 2.36. The molecule has 0 spiro atoms. The molecule has 0 aliphatic carbocycles. The van der Waals surface area contributed by atoms with Crippen molar-refractivity contribution in [3.05, 3.63) is 48.6 Å². The molecule has 0 heterocycles. The molecule has 2 atom stereocenters. The second kappa shape index (κ2) is 7.66. The van der Waals surface area contributed by atoms with Gasteiger partial charge in [0, 0.05) is 29.4 Å². The molecule has 0 saturated carbocycles. The van der Waals surface area contributed by atoms with Crippen molar-refractivity contribution in [2.24, 2.45) is 0 Å². The maximum absolute atomic E-state index is 11.6. The number of carbonyl (C=O) groups excluding carboxylic acids is 1. The largest absolute Gasteiger partial charge is 0.335 e. The molecule has 0 radical (unpaired) electrons. The van der Waals surface area contributed by atoms with Crippen molar-refractivity contribution in [1.29, 1.82) is 0 Å². The van der Waals surface area contributed by atoms with Gasteiger partial charge in [0.05, 0.1) is 6.04 Å². The zero-order chi connectivity index (χ0) is 13.4. The lowest BCUT2D eigenvalue weighted by Gasteiger charge is -2.18. The van der Waals surface area contributed by atoms with Gasteiger partial charge < -0.3 is 10.6 Å². The molecule has 4 nitrogen and oxygen atoms in total. The zero-order valence-corrected chi connectivity index (χ0v) is 11.2. The molecule has 1 aromatic rings. The lowest BCUT2D eigenvalue weighted by molar-refractivity contribution is 0.239. The van der Waals surface area contributed by atoms with Crippen LogP contribution in [-0.2, 0) is 10.8 Å². The predicted octanol–water partition coefficient (Wildman–Crippen LogP) is 1.59. The first-order valence-electron chi connectivity index (χ1n) is 5.63. The van der Waals surface area contributed by atoms with Crippen LogP contribution in [0, 0.1) is 0 Å². The van der Waals surface area contributed by atoms with Crippen LogP contribution in [0.4, 0.5) is 4.79 Å². The summed E-state index contributed by atoms with van der Waals surface area (Å²) >= 11 is 0. The van der Waals surface area contributed by atoms with Crippen molar-refractivity contribution in [2.75, 3.05) is 18.6 Å². The maximum atomic E-state index is 11.6. The number of benzene rings is 1. The van der Waals surface area contributed by atoms with E-state index < -0.39 is 10.8 Å². The Bertz CT molecular complexity index is 420. The summed E-state index contributed by atoms with van der Waals surface area (Å²) in [6.07, 6.45) is 3.23. The minimum atomic E-state index is -0.981. The SMILES string of the molecule is C=CCNC(=O)N[C@@H](C[S@](C)=O)c1ccccc1. The minimum Gasteiger partial charge on any atom is -0.335 e. The summed E-state index contributed by atoms with van der Waals surface area (Å²) < 4.78 is 11.3. The summed E-state index contributed by atoms with van der Waals surface area (Å²) in [5.74, 6) is 0.394. The van der Waals surface area contributed by atoms with Crippen LogP contribution in [0.1, 0.15) is 11.6 Å². The van der Waals surface area contributed by atoms with Crippen molar-refractivity contribution in [1.82, 2.24) is 10.6 Å². The summed E-state index contributed by atoms with van der Waals surface area (Å²) in [5.41, 5.74) is 0.946. The van der Waals surface area contributed by atoms with Crippen LogP contribution >= 0.6 is 0 Å². The first kappa shape index (κ1) is 14.4. The fourth-order valence-electron chi connectivity index (χ4n) is 1.52. The van der Waals surface area contributed by atoms with E-state index in [2.05, 4.69) is 17.2 Å². The second-order valence-electron chi connectivity index (χ2n) is 3.85. The number of carbonyl (C=O) groups is 1. The first-order chi connectivity index (χ1) is 8.63. The van der Waals surface area contributed by atoms with Gasteiger partial charge in [0.25, 0.3) is 0 Å². The number of amides is 2. The molecule has 0 aromatic heterocycles. The molecular formula is C13H18N2O2S. The second-order valence-corrected chi connectivity index (χ2v) is 5.33. The summed E-state index contributed by atoms with van der Waals surface area (Å²) in [6, 6.07) is 8.97. The molecule has 0 saturated heterocycles. The van der Waals surface area contributed by atoms with Crippen LogP contribution in [0.25, 0.3) is 0 Å². The van der Waals surface area contributed by atoms with E-state index in [9.17, 15) is 9.00 Å². The van der Waals surface area contributed by atoms with E-state index in [0.717, 1.165) is 5.56 Å². The van der Waals surface area contributed by atoms with E-state index in [4.69, 9.17) is 0 Å². The molecule has 0 aliphatic heterocycles. The Balaban J connectivity index is 2.70. The summed E-state index contributed by atoms with van der Waals surface area (Å²) in [7, 11) is -0.981. The molecule has 0 fully saturated rings. The van der Waals surface area contributed by atoms with Crippen LogP contribution in [0.15, 0.2) is 43.0 Å². The van der Waals surface area contributed by atoms with Gasteiger partial charge in [0.2, 0.25) is 0 Å². The molecule has 0 unspecified atom stereocenters. The van der Waals surface area contributed by atoms with Gasteiger partial charge in [0.15, 0.2) is 0 Å². The smallest absolute Gasteiger partial charge is 0.315 e. The third-order valence-electron chi connectivity index (χ3n) is 2.32. The highest BCUT2D eigenvalue weighted by Gasteiger charge is 2.15. The quantitative estimate of drug-likeness (QED) is 0.768. The van der Waals surface area contributed by atoms with Crippen molar-refractivity contribution in [3.63, 3.8) is 0 Å². The van der Waals surface area contributed by atoms with Crippen molar-refractivity contribution < 1.29 is 9.00 Å². The summed E-state index contributed by atoms with van der Waals surface area (Å²) in [4.78, 5) is 11.6. The topological polar surface area (TPSA) is 58.2 Å². The van der Waals surface area contributed by atoms with Gasteiger partial charge in [-0.2, -0.15) is 0 Å². The fourth-order valence-corrected chi connectivity index (χ4v) is 2.26. The molecule has 98 valence electrons. The van der Waals surface area contributed by atoms with Crippen LogP contribution < -0.4 is 10.6 Å². The monoisotopic (exact) mass is 266 g/mol. The van der Waals surface area contributed by atoms with Crippen LogP contribution in [0.2, 0.25) is 0 Å². The molecule has 18 heavy (non-hydrogen) atoms. The zero-order valence-electron chi connectivity index (χ0n) is 10.4. The Labute approximate surface area is 110 Å². The van der Waals surface area contributed by atoms with Crippen LogP contribution in [0.3, 0.4) is 0 Å². The van der Waals surface area contributed by atoms with E-state index >= 15 is 0 Å². The van der Waals surface area contributed by atoms with E-state index in [-0.39, 0.29) is 12.1 Å². The molecule has 5 heteroatoms. The highest BCUT2D eigenvalue weighted by molar-refractivity contribution is 7.84. The van der Waals surface area contributed by atoms with Crippen molar-refractivity contribution in [3.8, 4) is 0 Å². The molecule has 1 aromatic carbocycles. The van der Waals surface area contributed by atoms with E-state index in [1.807, 2.05) is 30.3 Å². The van der Waals surface area contributed by atoms with E-state index in [1.165, 1.54) is 0 Å². The Morgan fingerprint density at radius 3 is 2.67 bits per heavy atom. The fraction of sp³-hybridized carbons (Fsp3) is 0.308. The van der Waals surface area contributed by atoms with Gasteiger partial charge in [-0.1, -0.05) is 36.4 Å². The molecule has 1 rings (SSSR count). The third-order valence-corrected chi connectivity index (χ3v) is 3.12. The lowest BCUT2D eigenvalue weighted by atomic mass is 10.1. The van der Waals surface area contributed by atoms with Gasteiger partial charge in [-0.3, -0.25) is 4.21 Å². The number of rotatable bonds is 6. The Kier molecular flexibility index (Phi) is 6.14. The summed E-state index contributed by atoms with van der Waals surface area (Å²) in [6.45, 7) is 3.93. The first-order valence-corrected chi connectivity index (χ1v) is 7.36. The normalized spacial score (nSPS) is 13.4. The molecule has 2 N–H and O–H groups in total. The molecule has 0 bridgehead atoms. The Hall–Kier alpha value is -1.62. The standard InChI is InChI=1S/C13H18N2O2S/c1-3-9-14-13(16)15-12(10-18(2)17)11-7-5-4-6-8-11/h3-8,12H,1,9-10H2,2H3,(H2,14,15,16)/t12-,18-/m0/s1. The highest BCUT2D eigenvalue weighted by Crippen LogP contribution is 2.13. The van der Waals surface area contributed by atoms with E-state index in [0.29, 0.717) is 12.3 Å². The van der Waals surface area contributed by atoms with Crippen LogP contribution in [-0.4, -0.2) is 28.8 Å². The molecular weight excluding hydrogens is 248 g/mol. The molecule has 2 amide bonds. The number of hydrogen-bond donors (Lipinski definition) is 2. The van der Waals surface area contributed by atoms with E-state index in [1.54, 1.807) is 12.3 Å². The van der Waals surface area contributed by atoms with Crippen LogP contribution in [0.5, 0.6) is 0 Å². The minimum absolute atomic E-state index is 0.248. The number of hydrogen-bond acceptors (Lipinski definition) is 2. The summed E-state index contributed by atoms with van der Waals surface area (Å²) in [5, 5.41) is 5.45.